The van der Waals surface area contributed by atoms with Gasteiger partial charge in [0.2, 0.25) is 5.91 Å². The molecule has 0 saturated heterocycles. The normalized spacial score (nSPS) is 10.6. The first-order valence-corrected chi connectivity index (χ1v) is 9.57. The molecule has 3 rings (SSSR count). The number of thioether (sulfide) groups is 1. The fraction of sp³-hybridized carbons (Fsp3) is 0.118. The van der Waals surface area contributed by atoms with Gasteiger partial charge in [0, 0.05) is 16.0 Å². The Kier molecular flexibility index (Phi) is 6.12. The molecule has 1 heterocycles. The van der Waals surface area contributed by atoms with Crippen molar-refractivity contribution in [2.24, 2.45) is 0 Å². The van der Waals surface area contributed by atoms with E-state index in [-0.39, 0.29) is 11.7 Å². The number of carbonyl (C=O) groups is 1. The second-order valence-corrected chi connectivity index (χ2v) is 7.45. The molecule has 0 aliphatic carbocycles. The van der Waals surface area contributed by atoms with Crippen LogP contribution in [-0.2, 0) is 11.3 Å². The van der Waals surface area contributed by atoms with Gasteiger partial charge in [-0.15, -0.1) is 10.2 Å². The minimum Gasteiger partial charge on any atom is -0.351 e. The van der Waals surface area contributed by atoms with Crippen LogP contribution in [0.25, 0.3) is 5.69 Å². The first kappa shape index (κ1) is 18.0. The van der Waals surface area contributed by atoms with Crippen LogP contribution in [-0.4, -0.2) is 26.4 Å². The average Bonchev–Trinajstić information content (AvgIpc) is 3.07. The van der Waals surface area contributed by atoms with E-state index in [9.17, 15) is 4.79 Å². The van der Waals surface area contributed by atoms with Gasteiger partial charge in [-0.05, 0) is 35.9 Å². The lowest BCUT2D eigenvalue weighted by Crippen LogP contribution is -2.24. The molecule has 1 aromatic heterocycles. The maximum atomic E-state index is 12.1. The van der Waals surface area contributed by atoms with Crippen molar-refractivity contribution in [1.29, 1.82) is 0 Å². The first-order chi connectivity index (χ1) is 12.1. The number of hydrogen-bond acceptors (Lipinski definition) is 4. The highest BCUT2D eigenvalue weighted by atomic mass is 79.9. The summed E-state index contributed by atoms with van der Waals surface area (Å²) in [5, 5.41) is 12.2. The lowest BCUT2D eigenvalue weighted by molar-refractivity contribution is -0.118. The Morgan fingerprint density at radius 2 is 2.08 bits per heavy atom. The van der Waals surface area contributed by atoms with Gasteiger partial charge in [0.1, 0.15) is 6.33 Å². The summed E-state index contributed by atoms with van der Waals surface area (Å²) in [5.41, 5.74) is 1.89. The molecule has 0 bridgehead atoms. The molecule has 0 radical (unpaired) electrons. The number of benzene rings is 2. The molecule has 0 fully saturated rings. The predicted molar refractivity (Wildman–Crippen MR) is 103 cm³/mol. The number of amides is 1. The molecule has 8 heteroatoms. The zero-order chi connectivity index (χ0) is 17.6. The fourth-order valence-corrected chi connectivity index (χ4v) is 3.54. The largest absolute Gasteiger partial charge is 0.351 e. The Balaban J connectivity index is 1.57. The molecular formula is C17H14BrClN4OS. The molecule has 0 spiro atoms. The van der Waals surface area contributed by atoms with Gasteiger partial charge in [0.25, 0.3) is 0 Å². The number of halogens is 2. The summed E-state index contributed by atoms with van der Waals surface area (Å²) < 4.78 is 2.79. The molecule has 0 aliphatic rings. The maximum Gasteiger partial charge on any atom is 0.230 e. The number of carbonyl (C=O) groups excluding carboxylic acids is 1. The fourth-order valence-electron chi connectivity index (χ4n) is 2.15. The zero-order valence-electron chi connectivity index (χ0n) is 13.0. The molecule has 1 N–H and O–H groups in total. The first-order valence-electron chi connectivity index (χ1n) is 7.42. The standard InChI is InChI=1S/C17H14BrClN4OS/c18-13-4-1-3-12(7-13)9-20-16(24)10-25-17-22-21-11-23(17)15-6-2-5-14(19)8-15/h1-8,11H,9-10H2,(H,20,24). The van der Waals surface area contributed by atoms with E-state index in [2.05, 4.69) is 31.4 Å². The van der Waals surface area contributed by atoms with Crippen LogP contribution in [0.1, 0.15) is 5.56 Å². The van der Waals surface area contributed by atoms with E-state index in [0.29, 0.717) is 16.7 Å². The van der Waals surface area contributed by atoms with E-state index in [0.717, 1.165) is 15.7 Å². The maximum absolute atomic E-state index is 12.1. The number of aromatic nitrogens is 3. The summed E-state index contributed by atoms with van der Waals surface area (Å²) in [6, 6.07) is 15.2. The summed E-state index contributed by atoms with van der Waals surface area (Å²) in [4.78, 5) is 12.1. The molecule has 0 saturated carbocycles. The van der Waals surface area contributed by atoms with E-state index >= 15 is 0 Å². The van der Waals surface area contributed by atoms with Crippen molar-refractivity contribution in [2.45, 2.75) is 11.7 Å². The van der Waals surface area contributed by atoms with E-state index in [1.807, 2.05) is 42.5 Å². The quantitative estimate of drug-likeness (QED) is 0.590. The van der Waals surface area contributed by atoms with Gasteiger partial charge >= 0.3 is 0 Å². The smallest absolute Gasteiger partial charge is 0.230 e. The third-order valence-electron chi connectivity index (χ3n) is 3.31. The third kappa shape index (κ3) is 5.07. The van der Waals surface area contributed by atoms with Gasteiger partial charge < -0.3 is 5.32 Å². The van der Waals surface area contributed by atoms with Gasteiger partial charge in [0.05, 0.1) is 11.4 Å². The second kappa shape index (κ2) is 8.51. The molecule has 5 nitrogen and oxygen atoms in total. The van der Waals surface area contributed by atoms with Gasteiger partial charge in [-0.2, -0.15) is 0 Å². The van der Waals surface area contributed by atoms with Crippen molar-refractivity contribution in [1.82, 2.24) is 20.1 Å². The van der Waals surface area contributed by atoms with Crippen LogP contribution in [0, 0.1) is 0 Å². The van der Waals surface area contributed by atoms with Crippen LogP contribution in [0.15, 0.2) is 64.5 Å². The number of rotatable bonds is 6. The van der Waals surface area contributed by atoms with E-state index < -0.39 is 0 Å². The molecule has 0 unspecified atom stereocenters. The summed E-state index contributed by atoms with van der Waals surface area (Å²) in [7, 11) is 0. The number of nitrogens with one attached hydrogen (secondary N) is 1. The molecule has 2 aromatic carbocycles. The Bertz CT molecular complexity index is 886. The van der Waals surface area contributed by atoms with Crippen LogP contribution in [0.5, 0.6) is 0 Å². The highest BCUT2D eigenvalue weighted by Gasteiger charge is 2.10. The van der Waals surface area contributed by atoms with E-state index in [1.165, 1.54) is 11.8 Å². The van der Waals surface area contributed by atoms with Crippen LogP contribution in [0.3, 0.4) is 0 Å². The molecule has 1 amide bonds. The van der Waals surface area contributed by atoms with Crippen LogP contribution >= 0.6 is 39.3 Å². The van der Waals surface area contributed by atoms with Gasteiger partial charge in [-0.25, -0.2) is 0 Å². The lowest BCUT2D eigenvalue weighted by Gasteiger charge is -2.07. The molecular weight excluding hydrogens is 424 g/mol. The summed E-state index contributed by atoms with van der Waals surface area (Å²) in [6.07, 6.45) is 1.60. The van der Waals surface area contributed by atoms with Crippen molar-refractivity contribution in [3.63, 3.8) is 0 Å². The Labute approximate surface area is 162 Å². The highest BCUT2D eigenvalue weighted by Crippen LogP contribution is 2.21. The third-order valence-corrected chi connectivity index (χ3v) is 4.99. The number of hydrogen-bond donors (Lipinski definition) is 1. The van der Waals surface area contributed by atoms with Crippen molar-refractivity contribution in [3.8, 4) is 5.69 Å². The molecule has 0 atom stereocenters. The van der Waals surface area contributed by atoms with Crippen molar-refractivity contribution in [2.75, 3.05) is 5.75 Å². The van der Waals surface area contributed by atoms with Crippen LogP contribution < -0.4 is 5.32 Å². The number of nitrogens with zero attached hydrogens (tertiary/aromatic N) is 3. The molecule has 3 aromatic rings. The van der Waals surface area contributed by atoms with Gasteiger partial charge in [-0.1, -0.05) is 57.5 Å². The minimum atomic E-state index is -0.0642. The summed E-state index contributed by atoms with van der Waals surface area (Å²) in [5.74, 6) is 0.193. The Morgan fingerprint density at radius 1 is 1.24 bits per heavy atom. The summed E-state index contributed by atoms with van der Waals surface area (Å²) >= 11 is 10.8. The van der Waals surface area contributed by atoms with Gasteiger partial charge in [-0.3, -0.25) is 9.36 Å². The van der Waals surface area contributed by atoms with E-state index in [4.69, 9.17) is 11.6 Å². The highest BCUT2D eigenvalue weighted by molar-refractivity contribution is 9.10. The summed E-state index contributed by atoms with van der Waals surface area (Å²) in [6.45, 7) is 0.486. The predicted octanol–water partition coefficient (Wildman–Crippen LogP) is 4.09. The zero-order valence-corrected chi connectivity index (χ0v) is 16.2. The minimum absolute atomic E-state index is 0.0642. The topological polar surface area (TPSA) is 59.8 Å². The van der Waals surface area contributed by atoms with Crippen molar-refractivity contribution < 1.29 is 4.79 Å². The van der Waals surface area contributed by atoms with Crippen molar-refractivity contribution in [3.05, 3.63) is 69.9 Å². The molecule has 25 heavy (non-hydrogen) atoms. The second-order valence-electron chi connectivity index (χ2n) is 5.16. The molecule has 128 valence electrons. The van der Waals surface area contributed by atoms with Crippen LogP contribution in [0.4, 0.5) is 0 Å². The van der Waals surface area contributed by atoms with Gasteiger partial charge in [0.15, 0.2) is 5.16 Å². The van der Waals surface area contributed by atoms with Crippen molar-refractivity contribution >= 4 is 45.2 Å². The van der Waals surface area contributed by atoms with Crippen LogP contribution in [0.2, 0.25) is 5.02 Å². The average molecular weight is 438 g/mol. The Hall–Kier alpha value is -1.83. The monoisotopic (exact) mass is 436 g/mol. The lowest BCUT2D eigenvalue weighted by atomic mass is 10.2. The van der Waals surface area contributed by atoms with E-state index in [1.54, 1.807) is 17.0 Å². The Morgan fingerprint density at radius 3 is 2.88 bits per heavy atom. The molecule has 0 aliphatic heterocycles. The SMILES string of the molecule is O=C(CSc1nncn1-c1cccc(Cl)c1)NCc1cccc(Br)c1.